The number of amides is 1. The lowest BCUT2D eigenvalue weighted by molar-refractivity contribution is -0.133. The third-order valence-corrected chi connectivity index (χ3v) is 5.90. The molecule has 0 radical (unpaired) electrons. The second-order valence-corrected chi connectivity index (χ2v) is 8.70. The Labute approximate surface area is 151 Å². The molecule has 1 fully saturated rings. The Bertz CT molecular complexity index is 705. The molecule has 1 aliphatic rings. The van der Waals surface area contributed by atoms with Crippen molar-refractivity contribution in [3.8, 4) is 0 Å². The van der Waals surface area contributed by atoms with Crippen LogP contribution in [0.1, 0.15) is 25.0 Å². The minimum absolute atomic E-state index is 0.139. The van der Waals surface area contributed by atoms with Crippen LogP contribution >= 0.6 is 0 Å². The van der Waals surface area contributed by atoms with E-state index in [0.717, 1.165) is 37.0 Å². The van der Waals surface area contributed by atoms with E-state index in [-0.39, 0.29) is 5.91 Å². The van der Waals surface area contributed by atoms with E-state index in [4.69, 9.17) is 0 Å². The summed E-state index contributed by atoms with van der Waals surface area (Å²) in [4.78, 5) is 17.0. The van der Waals surface area contributed by atoms with Crippen LogP contribution < -0.4 is 4.31 Å². The van der Waals surface area contributed by atoms with Crippen molar-refractivity contribution < 1.29 is 13.2 Å². The van der Waals surface area contributed by atoms with Gasteiger partial charge in [-0.05, 0) is 50.6 Å². The van der Waals surface area contributed by atoms with E-state index in [9.17, 15) is 13.2 Å². The molecule has 1 heterocycles. The number of sulfonamides is 1. The Balaban J connectivity index is 2.27. The van der Waals surface area contributed by atoms with Gasteiger partial charge in [-0.25, -0.2) is 8.42 Å². The van der Waals surface area contributed by atoms with Crippen LogP contribution in [0.3, 0.4) is 0 Å². The summed E-state index contributed by atoms with van der Waals surface area (Å²) in [6.45, 7) is 11.5. The maximum absolute atomic E-state index is 12.9. The Kier molecular flexibility index (Phi) is 6.11. The maximum atomic E-state index is 12.9. The van der Waals surface area contributed by atoms with Gasteiger partial charge in [0, 0.05) is 26.2 Å². The summed E-state index contributed by atoms with van der Waals surface area (Å²) in [6, 6.07) is 4.85. The number of rotatable bonds is 5. The minimum atomic E-state index is -3.57. The monoisotopic (exact) mass is 367 g/mol. The van der Waals surface area contributed by atoms with Gasteiger partial charge in [0.05, 0.1) is 11.9 Å². The van der Waals surface area contributed by atoms with Gasteiger partial charge in [-0.1, -0.05) is 13.0 Å². The molecule has 140 valence electrons. The molecule has 1 amide bonds. The van der Waals surface area contributed by atoms with E-state index in [1.54, 1.807) is 11.8 Å². The molecule has 1 aromatic rings. The van der Waals surface area contributed by atoms with E-state index in [2.05, 4.69) is 11.8 Å². The molecule has 2 rings (SSSR count). The highest BCUT2D eigenvalue weighted by Crippen LogP contribution is 2.24. The number of piperazine rings is 1. The molecule has 1 aliphatic heterocycles. The molecule has 0 aromatic heterocycles. The SMILES string of the molecule is CCN1CCN(C(=O)[C@@H](C)N(c2cc(C)cc(C)c2)S(C)(=O)=O)CC1. The predicted molar refractivity (Wildman–Crippen MR) is 101 cm³/mol. The number of carbonyl (C=O) groups excluding carboxylic acids is 1. The van der Waals surface area contributed by atoms with Gasteiger partial charge in [-0.3, -0.25) is 9.10 Å². The summed E-state index contributed by atoms with van der Waals surface area (Å²) < 4.78 is 26.1. The molecule has 0 bridgehead atoms. The lowest BCUT2D eigenvalue weighted by atomic mass is 10.1. The molecular weight excluding hydrogens is 338 g/mol. The summed E-state index contributed by atoms with van der Waals surface area (Å²) >= 11 is 0. The molecule has 0 saturated carbocycles. The predicted octanol–water partition coefficient (Wildman–Crippen LogP) is 1.62. The number of carbonyl (C=O) groups is 1. The van der Waals surface area contributed by atoms with Crippen molar-refractivity contribution in [1.29, 1.82) is 0 Å². The second kappa shape index (κ2) is 7.74. The summed E-state index contributed by atoms with van der Waals surface area (Å²) in [5, 5.41) is 0. The third-order valence-electron chi connectivity index (χ3n) is 4.66. The van der Waals surface area contributed by atoms with Gasteiger partial charge in [-0.2, -0.15) is 0 Å². The molecule has 0 unspecified atom stereocenters. The van der Waals surface area contributed by atoms with Crippen molar-refractivity contribution >= 4 is 21.6 Å². The van der Waals surface area contributed by atoms with E-state index >= 15 is 0 Å². The van der Waals surface area contributed by atoms with Crippen LogP contribution in [0.5, 0.6) is 0 Å². The van der Waals surface area contributed by atoms with Gasteiger partial charge >= 0.3 is 0 Å². The van der Waals surface area contributed by atoms with E-state index in [0.29, 0.717) is 18.8 Å². The standard InChI is InChI=1S/C18H29N3O3S/c1-6-19-7-9-20(10-8-19)18(22)16(4)21(25(5,23)24)17-12-14(2)11-15(3)13-17/h11-13,16H,6-10H2,1-5H3/t16-/m1/s1. The number of nitrogens with zero attached hydrogens (tertiary/aromatic N) is 3. The number of aryl methyl sites for hydroxylation is 2. The lowest BCUT2D eigenvalue weighted by Gasteiger charge is -2.37. The number of hydrogen-bond acceptors (Lipinski definition) is 4. The Hall–Kier alpha value is -1.60. The summed E-state index contributed by atoms with van der Waals surface area (Å²) in [7, 11) is -3.57. The zero-order valence-corrected chi connectivity index (χ0v) is 16.6. The minimum Gasteiger partial charge on any atom is -0.338 e. The van der Waals surface area contributed by atoms with Gasteiger partial charge in [-0.15, -0.1) is 0 Å². The first kappa shape index (κ1) is 19.7. The highest BCUT2D eigenvalue weighted by atomic mass is 32.2. The first-order chi connectivity index (χ1) is 11.6. The quantitative estimate of drug-likeness (QED) is 0.793. The zero-order valence-electron chi connectivity index (χ0n) is 15.8. The zero-order chi connectivity index (χ0) is 18.8. The van der Waals surface area contributed by atoms with Crippen LogP contribution in [0.4, 0.5) is 5.69 Å². The van der Waals surface area contributed by atoms with Gasteiger partial charge < -0.3 is 9.80 Å². The van der Waals surface area contributed by atoms with Crippen molar-refractivity contribution in [2.45, 2.75) is 33.7 Å². The second-order valence-electron chi connectivity index (χ2n) is 6.84. The molecule has 25 heavy (non-hydrogen) atoms. The third kappa shape index (κ3) is 4.73. The van der Waals surface area contributed by atoms with E-state index in [1.165, 1.54) is 4.31 Å². The van der Waals surface area contributed by atoms with Crippen molar-refractivity contribution in [2.24, 2.45) is 0 Å². The number of anilines is 1. The Morgan fingerprint density at radius 1 is 1.12 bits per heavy atom. The summed E-state index contributed by atoms with van der Waals surface area (Å²) in [6.07, 6.45) is 1.16. The Morgan fingerprint density at radius 3 is 2.08 bits per heavy atom. The van der Waals surface area contributed by atoms with Crippen molar-refractivity contribution in [3.63, 3.8) is 0 Å². The van der Waals surface area contributed by atoms with Crippen LogP contribution in [0.2, 0.25) is 0 Å². The molecule has 1 saturated heterocycles. The number of hydrogen-bond donors (Lipinski definition) is 0. The van der Waals surface area contributed by atoms with Crippen LogP contribution in [0.15, 0.2) is 18.2 Å². The normalized spacial score (nSPS) is 17.4. The fourth-order valence-corrected chi connectivity index (χ4v) is 4.58. The lowest BCUT2D eigenvalue weighted by Crippen LogP contribution is -2.55. The van der Waals surface area contributed by atoms with Crippen LogP contribution in [0.25, 0.3) is 0 Å². The molecule has 0 aliphatic carbocycles. The molecule has 0 spiro atoms. The first-order valence-corrected chi connectivity index (χ1v) is 10.6. The highest BCUT2D eigenvalue weighted by Gasteiger charge is 2.33. The van der Waals surface area contributed by atoms with Gasteiger partial charge in [0.25, 0.3) is 0 Å². The van der Waals surface area contributed by atoms with Gasteiger partial charge in [0.15, 0.2) is 0 Å². The maximum Gasteiger partial charge on any atom is 0.246 e. The molecule has 7 heteroatoms. The van der Waals surface area contributed by atoms with E-state index < -0.39 is 16.1 Å². The van der Waals surface area contributed by atoms with Crippen LogP contribution in [-0.4, -0.2) is 69.1 Å². The smallest absolute Gasteiger partial charge is 0.246 e. The summed E-state index contributed by atoms with van der Waals surface area (Å²) in [5.74, 6) is -0.139. The topological polar surface area (TPSA) is 60.9 Å². The van der Waals surface area contributed by atoms with Crippen molar-refractivity contribution in [1.82, 2.24) is 9.80 Å². The average Bonchev–Trinajstić information content (AvgIpc) is 2.52. The molecule has 6 nitrogen and oxygen atoms in total. The van der Waals surface area contributed by atoms with Crippen LogP contribution in [0, 0.1) is 13.8 Å². The Morgan fingerprint density at radius 2 is 1.64 bits per heavy atom. The van der Waals surface area contributed by atoms with E-state index in [1.807, 2.05) is 32.0 Å². The number of benzene rings is 1. The molecule has 0 N–H and O–H groups in total. The average molecular weight is 368 g/mol. The molecular formula is C18H29N3O3S. The van der Waals surface area contributed by atoms with Crippen molar-refractivity contribution in [2.75, 3.05) is 43.3 Å². The van der Waals surface area contributed by atoms with Crippen LogP contribution in [-0.2, 0) is 14.8 Å². The van der Waals surface area contributed by atoms with Gasteiger partial charge in [0.1, 0.15) is 6.04 Å². The van der Waals surface area contributed by atoms with Crippen molar-refractivity contribution in [3.05, 3.63) is 29.3 Å². The fraction of sp³-hybridized carbons (Fsp3) is 0.611. The first-order valence-electron chi connectivity index (χ1n) is 8.72. The molecule has 1 aromatic carbocycles. The fourth-order valence-electron chi connectivity index (χ4n) is 3.43. The summed E-state index contributed by atoms with van der Waals surface area (Å²) in [5.41, 5.74) is 2.49. The van der Waals surface area contributed by atoms with Gasteiger partial charge in [0.2, 0.25) is 15.9 Å². The highest BCUT2D eigenvalue weighted by molar-refractivity contribution is 7.92. The molecule has 1 atom stereocenters. The number of likely N-dealkylation sites (N-methyl/N-ethyl adjacent to an activating group) is 1. The largest absolute Gasteiger partial charge is 0.338 e.